The molecule has 0 bridgehead atoms. The van der Waals surface area contributed by atoms with E-state index in [0.717, 1.165) is 5.56 Å². The molecule has 6 nitrogen and oxygen atoms in total. The van der Waals surface area contributed by atoms with E-state index in [2.05, 4.69) is 10.6 Å². The van der Waals surface area contributed by atoms with Gasteiger partial charge in [-0.3, -0.25) is 9.59 Å². The molecule has 0 fully saturated rings. The first-order valence-corrected chi connectivity index (χ1v) is 9.67. The van der Waals surface area contributed by atoms with Crippen LogP contribution in [0.4, 0.5) is 0 Å². The van der Waals surface area contributed by atoms with E-state index in [9.17, 15) is 9.59 Å². The molecule has 30 heavy (non-hydrogen) atoms. The number of hydrogen-bond acceptors (Lipinski definition) is 4. The van der Waals surface area contributed by atoms with E-state index in [4.69, 9.17) is 9.15 Å². The lowest BCUT2D eigenvalue weighted by Crippen LogP contribution is -2.36. The molecule has 0 aliphatic carbocycles. The van der Waals surface area contributed by atoms with Gasteiger partial charge in [0, 0.05) is 11.6 Å². The molecule has 0 aliphatic rings. The minimum absolute atomic E-state index is 0.0974. The molecule has 1 atom stereocenters. The monoisotopic (exact) mass is 404 g/mol. The van der Waals surface area contributed by atoms with Gasteiger partial charge in [0.2, 0.25) is 0 Å². The molecule has 0 spiro atoms. The summed E-state index contributed by atoms with van der Waals surface area (Å²) in [6.45, 7) is 1.99. The molecule has 0 aliphatic heterocycles. The van der Waals surface area contributed by atoms with Gasteiger partial charge in [-0.05, 0) is 48.4 Å². The van der Waals surface area contributed by atoms with Crippen LogP contribution in [0.2, 0.25) is 0 Å². The lowest BCUT2D eigenvalue weighted by Gasteiger charge is -2.19. The quantitative estimate of drug-likeness (QED) is 0.548. The fourth-order valence-electron chi connectivity index (χ4n) is 2.95. The van der Waals surface area contributed by atoms with Crippen LogP contribution in [0, 0.1) is 0 Å². The van der Waals surface area contributed by atoms with Gasteiger partial charge in [-0.15, -0.1) is 0 Å². The highest BCUT2D eigenvalue weighted by Crippen LogP contribution is 2.17. The minimum atomic E-state index is -0.404. The van der Waals surface area contributed by atoms with Gasteiger partial charge in [0.25, 0.3) is 11.8 Å². The smallest absolute Gasteiger partial charge is 0.268 e. The van der Waals surface area contributed by atoms with Crippen molar-refractivity contribution >= 4 is 17.9 Å². The zero-order chi connectivity index (χ0) is 21.3. The average molecular weight is 404 g/mol. The number of hydrogen-bond donors (Lipinski definition) is 2. The highest BCUT2D eigenvalue weighted by molar-refractivity contribution is 6.05. The normalized spacial score (nSPS) is 12.1. The lowest BCUT2D eigenvalue weighted by molar-refractivity contribution is -0.118. The molecule has 2 amide bonds. The molecule has 0 radical (unpaired) electrons. The van der Waals surface area contributed by atoms with Gasteiger partial charge < -0.3 is 19.8 Å². The molecule has 2 aromatic carbocycles. The molecule has 3 aromatic rings. The zero-order valence-electron chi connectivity index (χ0n) is 16.9. The first-order valence-electron chi connectivity index (χ1n) is 9.67. The summed E-state index contributed by atoms with van der Waals surface area (Å²) < 4.78 is 10.4. The number of benzene rings is 2. The Bertz CT molecular complexity index is 993. The van der Waals surface area contributed by atoms with E-state index in [1.165, 1.54) is 12.3 Å². The molecule has 0 saturated heterocycles. The molecular formula is C24H24N2O4. The fraction of sp³-hybridized carbons (Fsp3) is 0.167. The van der Waals surface area contributed by atoms with E-state index in [-0.39, 0.29) is 11.7 Å². The SMILES string of the molecule is CC[C@H](NC(=O)/C(=C/c1ccco1)NC(=O)c1ccc(OC)cc1)c1ccccc1. The van der Waals surface area contributed by atoms with Crippen LogP contribution in [-0.4, -0.2) is 18.9 Å². The second-order valence-corrected chi connectivity index (χ2v) is 6.60. The van der Waals surface area contributed by atoms with Crippen LogP contribution in [0.25, 0.3) is 6.08 Å². The summed E-state index contributed by atoms with van der Waals surface area (Å²) in [5.41, 5.74) is 1.50. The number of nitrogens with one attached hydrogen (secondary N) is 2. The zero-order valence-corrected chi connectivity index (χ0v) is 16.9. The Kier molecular flexibility index (Phi) is 7.05. The predicted octanol–water partition coefficient (Wildman–Crippen LogP) is 4.33. The summed E-state index contributed by atoms with van der Waals surface area (Å²) in [5, 5.41) is 5.69. The van der Waals surface area contributed by atoms with Gasteiger partial charge in [0.05, 0.1) is 19.4 Å². The third kappa shape index (κ3) is 5.38. The van der Waals surface area contributed by atoms with Gasteiger partial charge in [-0.2, -0.15) is 0 Å². The van der Waals surface area contributed by atoms with Crippen molar-refractivity contribution in [1.29, 1.82) is 0 Å². The van der Waals surface area contributed by atoms with Crippen molar-refractivity contribution < 1.29 is 18.7 Å². The minimum Gasteiger partial charge on any atom is -0.497 e. The van der Waals surface area contributed by atoms with Crippen molar-refractivity contribution in [3.05, 3.63) is 95.6 Å². The number of amides is 2. The third-order valence-electron chi connectivity index (χ3n) is 4.59. The van der Waals surface area contributed by atoms with Crippen LogP contribution in [0.3, 0.4) is 0 Å². The van der Waals surface area contributed by atoms with Gasteiger partial charge in [0.1, 0.15) is 17.2 Å². The summed E-state index contributed by atoms with van der Waals surface area (Å²) in [6, 6.07) is 19.6. The third-order valence-corrected chi connectivity index (χ3v) is 4.59. The number of carbonyl (C=O) groups excluding carboxylic acids is 2. The Morgan fingerprint density at radius 2 is 1.77 bits per heavy atom. The number of ether oxygens (including phenoxy) is 1. The highest BCUT2D eigenvalue weighted by atomic mass is 16.5. The van der Waals surface area contributed by atoms with Gasteiger partial charge in [-0.25, -0.2) is 0 Å². The van der Waals surface area contributed by atoms with Crippen molar-refractivity contribution in [3.8, 4) is 5.75 Å². The number of furan rings is 1. The maximum Gasteiger partial charge on any atom is 0.268 e. The second-order valence-electron chi connectivity index (χ2n) is 6.60. The molecule has 3 rings (SSSR count). The summed E-state index contributed by atoms with van der Waals surface area (Å²) in [6.07, 6.45) is 3.72. The maximum atomic E-state index is 13.0. The van der Waals surface area contributed by atoms with Crippen molar-refractivity contribution in [2.75, 3.05) is 7.11 Å². The second kappa shape index (κ2) is 10.1. The average Bonchev–Trinajstić information content (AvgIpc) is 3.30. The molecule has 6 heteroatoms. The Morgan fingerprint density at radius 3 is 2.37 bits per heavy atom. The predicted molar refractivity (Wildman–Crippen MR) is 115 cm³/mol. The Morgan fingerprint density at radius 1 is 1.03 bits per heavy atom. The molecule has 1 heterocycles. The molecule has 2 N–H and O–H groups in total. The highest BCUT2D eigenvalue weighted by Gasteiger charge is 2.19. The van der Waals surface area contributed by atoms with Crippen molar-refractivity contribution in [3.63, 3.8) is 0 Å². The van der Waals surface area contributed by atoms with Crippen LogP contribution >= 0.6 is 0 Å². The first-order chi connectivity index (χ1) is 14.6. The first kappa shape index (κ1) is 20.9. The van der Waals surface area contributed by atoms with Crippen molar-refractivity contribution in [1.82, 2.24) is 10.6 Å². The van der Waals surface area contributed by atoms with E-state index < -0.39 is 11.8 Å². The molecular weight excluding hydrogens is 380 g/mol. The topological polar surface area (TPSA) is 80.6 Å². The van der Waals surface area contributed by atoms with Crippen LogP contribution < -0.4 is 15.4 Å². The Hall–Kier alpha value is -3.80. The summed E-state index contributed by atoms with van der Waals surface area (Å²) in [7, 11) is 1.56. The van der Waals surface area contributed by atoms with Crippen LogP contribution in [0.1, 0.15) is 41.1 Å². The molecule has 0 saturated carbocycles. The Balaban J connectivity index is 1.81. The number of carbonyl (C=O) groups is 2. The van der Waals surface area contributed by atoms with Crippen molar-refractivity contribution in [2.24, 2.45) is 0 Å². The van der Waals surface area contributed by atoms with Gasteiger partial charge in [0.15, 0.2) is 0 Å². The van der Waals surface area contributed by atoms with E-state index in [0.29, 0.717) is 23.5 Å². The summed E-state index contributed by atoms with van der Waals surface area (Å²) in [4.78, 5) is 25.7. The molecule has 154 valence electrons. The fourth-order valence-corrected chi connectivity index (χ4v) is 2.95. The summed E-state index contributed by atoms with van der Waals surface area (Å²) >= 11 is 0. The largest absolute Gasteiger partial charge is 0.497 e. The standard InChI is InChI=1S/C24H24N2O4/c1-3-21(17-8-5-4-6-9-17)25-24(28)22(16-20-10-7-15-30-20)26-23(27)18-11-13-19(29-2)14-12-18/h4-16,21H,3H2,1-2H3,(H,25,28)(H,26,27)/b22-16-/t21-/m0/s1. The van der Waals surface area contributed by atoms with Crippen LogP contribution in [0.15, 0.2) is 83.1 Å². The maximum absolute atomic E-state index is 13.0. The van der Waals surface area contributed by atoms with E-state index in [1.807, 2.05) is 37.3 Å². The van der Waals surface area contributed by atoms with Crippen LogP contribution in [0.5, 0.6) is 5.75 Å². The molecule has 0 unspecified atom stereocenters. The Labute approximate surface area is 175 Å². The number of methoxy groups -OCH3 is 1. The van der Waals surface area contributed by atoms with Crippen molar-refractivity contribution in [2.45, 2.75) is 19.4 Å². The van der Waals surface area contributed by atoms with E-state index >= 15 is 0 Å². The van der Waals surface area contributed by atoms with Gasteiger partial charge >= 0.3 is 0 Å². The van der Waals surface area contributed by atoms with Gasteiger partial charge in [-0.1, -0.05) is 37.3 Å². The number of rotatable bonds is 8. The van der Waals surface area contributed by atoms with Crippen LogP contribution in [-0.2, 0) is 4.79 Å². The molecule has 1 aromatic heterocycles. The summed E-state index contributed by atoms with van der Waals surface area (Å²) in [5.74, 6) is 0.301. The lowest BCUT2D eigenvalue weighted by atomic mass is 10.0. The van der Waals surface area contributed by atoms with E-state index in [1.54, 1.807) is 43.5 Å².